The Morgan fingerprint density at radius 1 is 1.28 bits per heavy atom. The van der Waals surface area contributed by atoms with Crippen LogP contribution in [0.25, 0.3) is 0 Å². The first kappa shape index (κ1) is 13.4. The zero-order valence-electron chi connectivity index (χ0n) is 9.54. The van der Waals surface area contributed by atoms with E-state index >= 15 is 0 Å². The number of nitrogens with zero attached hydrogens (tertiary/aromatic N) is 1. The predicted octanol–water partition coefficient (Wildman–Crippen LogP) is 0.925. The molecule has 8 heteroatoms. The highest BCUT2D eigenvalue weighted by Gasteiger charge is 2.25. The number of benzene rings is 1. The molecule has 0 aliphatic rings. The lowest BCUT2D eigenvalue weighted by Gasteiger charge is -2.08. The van der Waals surface area contributed by atoms with Crippen molar-refractivity contribution in [2.75, 3.05) is 14.2 Å². The highest BCUT2D eigenvalue weighted by Crippen LogP contribution is 2.34. The van der Waals surface area contributed by atoms with Crippen LogP contribution < -0.4 is 9.47 Å². The van der Waals surface area contributed by atoms with Crippen molar-refractivity contribution in [1.82, 2.24) is 0 Å². The average molecular weight is 255 g/mol. The first-order chi connectivity index (χ1) is 8.54. The van der Waals surface area contributed by atoms with Gasteiger partial charge in [-0.25, -0.2) is 4.79 Å². The Bertz CT molecular complexity index is 497. The summed E-state index contributed by atoms with van der Waals surface area (Å²) in [5, 5.41) is 10.8. The van der Waals surface area contributed by atoms with E-state index in [1.807, 2.05) is 0 Å². The molecule has 1 aromatic rings. The molecule has 0 saturated heterocycles. The molecule has 0 fully saturated rings. The van der Waals surface area contributed by atoms with Crippen molar-refractivity contribution in [1.29, 1.82) is 0 Å². The topological polar surface area (TPSA) is 105 Å². The predicted molar refractivity (Wildman–Crippen MR) is 57.7 cm³/mol. The molecule has 18 heavy (non-hydrogen) atoms. The van der Waals surface area contributed by atoms with E-state index in [0.29, 0.717) is 0 Å². The van der Waals surface area contributed by atoms with Crippen LogP contribution in [0.5, 0.6) is 11.5 Å². The lowest BCUT2D eigenvalue weighted by Crippen LogP contribution is -2.08. The molecule has 0 N–H and O–H groups in total. The standard InChI is InChI=1S/C10H9NO7/c1-16-8-3-6(10(13)18-5-12)7(11(14)15)4-9(8)17-2/h3-5H,1-2H3. The fraction of sp³-hybridized carbons (Fsp3) is 0.200. The fourth-order valence-electron chi connectivity index (χ4n) is 1.29. The summed E-state index contributed by atoms with van der Waals surface area (Å²) < 4.78 is 13.8. The molecule has 0 saturated carbocycles. The maximum absolute atomic E-state index is 11.4. The van der Waals surface area contributed by atoms with Crippen molar-refractivity contribution in [2.45, 2.75) is 0 Å². The van der Waals surface area contributed by atoms with Crippen LogP contribution in [-0.4, -0.2) is 31.6 Å². The van der Waals surface area contributed by atoms with E-state index in [1.54, 1.807) is 0 Å². The number of rotatable bonds is 5. The van der Waals surface area contributed by atoms with Gasteiger partial charge in [-0.15, -0.1) is 0 Å². The third kappa shape index (κ3) is 2.54. The van der Waals surface area contributed by atoms with Crippen molar-refractivity contribution >= 4 is 18.1 Å². The summed E-state index contributed by atoms with van der Waals surface area (Å²) in [6, 6.07) is 2.09. The van der Waals surface area contributed by atoms with Gasteiger partial charge in [0.25, 0.3) is 5.69 Å². The van der Waals surface area contributed by atoms with Gasteiger partial charge in [0.1, 0.15) is 5.56 Å². The molecule has 0 aliphatic carbocycles. The van der Waals surface area contributed by atoms with Gasteiger partial charge in [-0.3, -0.25) is 14.9 Å². The number of methoxy groups -OCH3 is 2. The molecule has 0 amide bonds. The molecule has 0 heterocycles. The summed E-state index contributed by atoms with van der Waals surface area (Å²) >= 11 is 0. The Kier molecular flexibility index (Phi) is 4.19. The van der Waals surface area contributed by atoms with Gasteiger partial charge in [0.15, 0.2) is 11.5 Å². The SMILES string of the molecule is COc1cc(C(=O)OC=O)c([N+](=O)[O-])cc1OC. The summed E-state index contributed by atoms with van der Waals surface area (Å²) in [6.45, 7) is -0.108. The molecule has 8 nitrogen and oxygen atoms in total. The minimum atomic E-state index is -1.14. The molecule has 0 radical (unpaired) electrons. The monoisotopic (exact) mass is 255 g/mol. The number of carbonyl (C=O) groups is 2. The van der Waals surface area contributed by atoms with Crippen LogP contribution in [-0.2, 0) is 9.53 Å². The molecule has 0 bridgehead atoms. The number of ether oxygens (including phenoxy) is 3. The molecule has 1 rings (SSSR count). The molecule has 0 unspecified atom stereocenters. The van der Waals surface area contributed by atoms with Crippen molar-refractivity contribution in [3.63, 3.8) is 0 Å². The van der Waals surface area contributed by atoms with Gasteiger partial charge in [0.2, 0.25) is 0 Å². The average Bonchev–Trinajstić information content (AvgIpc) is 2.37. The summed E-state index contributed by atoms with van der Waals surface area (Å²) in [5.41, 5.74) is -0.941. The highest BCUT2D eigenvalue weighted by molar-refractivity contribution is 5.97. The zero-order chi connectivity index (χ0) is 13.7. The van der Waals surface area contributed by atoms with E-state index in [0.717, 1.165) is 12.1 Å². The van der Waals surface area contributed by atoms with Gasteiger partial charge in [0.05, 0.1) is 25.2 Å². The maximum Gasteiger partial charge on any atom is 0.352 e. The van der Waals surface area contributed by atoms with Crippen LogP contribution >= 0.6 is 0 Å². The minimum absolute atomic E-state index is 0.0897. The van der Waals surface area contributed by atoms with Crippen LogP contribution in [0.1, 0.15) is 10.4 Å². The van der Waals surface area contributed by atoms with Gasteiger partial charge in [-0.1, -0.05) is 0 Å². The highest BCUT2D eigenvalue weighted by atomic mass is 16.6. The Balaban J connectivity index is 3.42. The number of hydrogen-bond acceptors (Lipinski definition) is 7. The Morgan fingerprint density at radius 3 is 2.28 bits per heavy atom. The second-order valence-electron chi connectivity index (χ2n) is 2.98. The Morgan fingerprint density at radius 2 is 1.83 bits per heavy atom. The minimum Gasteiger partial charge on any atom is -0.493 e. The summed E-state index contributed by atoms with van der Waals surface area (Å²) in [4.78, 5) is 31.5. The van der Waals surface area contributed by atoms with Crippen LogP contribution in [0.4, 0.5) is 5.69 Å². The second-order valence-corrected chi connectivity index (χ2v) is 2.98. The maximum atomic E-state index is 11.4. The molecule has 0 aliphatic heterocycles. The molecule has 1 aromatic carbocycles. The molecular weight excluding hydrogens is 246 g/mol. The summed E-state index contributed by atoms with van der Waals surface area (Å²) in [7, 11) is 2.60. The van der Waals surface area contributed by atoms with E-state index in [-0.39, 0.29) is 18.0 Å². The molecule has 0 aromatic heterocycles. The third-order valence-electron chi connectivity index (χ3n) is 2.07. The Labute approximate surface area is 101 Å². The van der Waals surface area contributed by atoms with E-state index < -0.39 is 22.1 Å². The number of esters is 1. The lowest BCUT2D eigenvalue weighted by molar-refractivity contribution is -0.385. The van der Waals surface area contributed by atoms with Crippen LogP contribution in [0.15, 0.2) is 12.1 Å². The van der Waals surface area contributed by atoms with E-state index in [4.69, 9.17) is 9.47 Å². The van der Waals surface area contributed by atoms with E-state index in [1.165, 1.54) is 14.2 Å². The van der Waals surface area contributed by atoms with Gasteiger partial charge in [0, 0.05) is 6.07 Å². The number of nitro groups is 1. The molecule has 0 atom stereocenters. The number of carbonyl (C=O) groups excluding carboxylic acids is 2. The van der Waals surface area contributed by atoms with Gasteiger partial charge in [-0.05, 0) is 0 Å². The molecule has 96 valence electrons. The van der Waals surface area contributed by atoms with E-state index in [9.17, 15) is 19.7 Å². The van der Waals surface area contributed by atoms with Gasteiger partial charge in [-0.2, -0.15) is 0 Å². The van der Waals surface area contributed by atoms with Crippen LogP contribution in [0.3, 0.4) is 0 Å². The molecule has 0 spiro atoms. The Hall–Kier alpha value is -2.64. The van der Waals surface area contributed by atoms with Crippen molar-refractivity contribution < 1.29 is 28.7 Å². The van der Waals surface area contributed by atoms with Gasteiger partial charge < -0.3 is 14.2 Å². The zero-order valence-corrected chi connectivity index (χ0v) is 9.54. The first-order valence-electron chi connectivity index (χ1n) is 4.60. The van der Waals surface area contributed by atoms with Crippen molar-refractivity contribution in [2.24, 2.45) is 0 Å². The van der Waals surface area contributed by atoms with Crippen LogP contribution in [0.2, 0.25) is 0 Å². The lowest BCUT2D eigenvalue weighted by atomic mass is 10.1. The fourth-order valence-corrected chi connectivity index (χ4v) is 1.29. The van der Waals surface area contributed by atoms with Crippen molar-refractivity contribution in [3.8, 4) is 11.5 Å². The van der Waals surface area contributed by atoms with Crippen molar-refractivity contribution in [3.05, 3.63) is 27.8 Å². The second kappa shape index (κ2) is 5.62. The number of hydrogen-bond donors (Lipinski definition) is 0. The number of nitro benzene ring substituents is 1. The smallest absolute Gasteiger partial charge is 0.352 e. The quantitative estimate of drug-likeness (QED) is 0.253. The van der Waals surface area contributed by atoms with Gasteiger partial charge >= 0.3 is 12.4 Å². The van der Waals surface area contributed by atoms with E-state index in [2.05, 4.69) is 4.74 Å². The third-order valence-corrected chi connectivity index (χ3v) is 2.07. The van der Waals surface area contributed by atoms with Crippen LogP contribution in [0, 0.1) is 10.1 Å². The summed E-state index contributed by atoms with van der Waals surface area (Å²) in [6.07, 6.45) is 0. The largest absolute Gasteiger partial charge is 0.493 e. The normalized spacial score (nSPS) is 9.44. The first-order valence-corrected chi connectivity index (χ1v) is 4.60. The summed E-state index contributed by atoms with van der Waals surface area (Å²) in [5.74, 6) is -0.939. The molecular formula is C10H9NO7.